The summed E-state index contributed by atoms with van der Waals surface area (Å²) < 4.78 is 0. The Balaban J connectivity index is 1.77. The van der Waals surface area contributed by atoms with E-state index < -0.39 is 0 Å². The summed E-state index contributed by atoms with van der Waals surface area (Å²) in [5.41, 5.74) is 6.26. The van der Waals surface area contributed by atoms with E-state index in [1.54, 1.807) is 36.4 Å². The van der Waals surface area contributed by atoms with Gasteiger partial charge in [-0.15, -0.1) is 20.5 Å². The van der Waals surface area contributed by atoms with E-state index in [-0.39, 0.29) is 66.9 Å². The summed E-state index contributed by atoms with van der Waals surface area (Å²) in [5, 5.41) is 63.8. The molecule has 0 aliphatic carbocycles. The van der Waals surface area contributed by atoms with Crippen LogP contribution in [0.2, 0.25) is 0 Å². The predicted octanol–water partition coefficient (Wildman–Crippen LogP) is 14.8. The number of rotatable bonds is 5. The Labute approximate surface area is 335 Å². The first-order chi connectivity index (χ1) is 25.2. The first-order valence-electron chi connectivity index (χ1n) is 19.6. The maximum Gasteiger partial charge on any atom is 0.147 e. The van der Waals surface area contributed by atoms with Gasteiger partial charge in [-0.25, -0.2) is 0 Å². The number of phenolic OH excluding ortho intramolecular Hbond substituents is 4. The van der Waals surface area contributed by atoms with Crippen LogP contribution in [0.25, 0.3) is 11.1 Å². The van der Waals surface area contributed by atoms with Gasteiger partial charge in [0.2, 0.25) is 0 Å². The van der Waals surface area contributed by atoms with Gasteiger partial charge >= 0.3 is 0 Å². The van der Waals surface area contributed by atoms with Crippen molar-refractivity contribution in [1.29, 1.82) is 0 Å². The summed E-state index contributed by atoms with van der Waals surface area (Å²) in [5.74, 6) is -0.0328. The van der Waals surface area contributed by atoms with Crippen molar-refractivity contribution < 1.29 is 20.4 Å². The zero-order valence-corrected chi connectivity index (χ0v) is 37.2. The molecule has 0 saturated heterocycles. The molecule has 0 aliphatic rings. The highest BCUT2D eigenvalue weighted by atomic mass is 16.3. The molecule has 0 heterocycles. The van der Waals surface area contributed by atoms with Crippen molar-refractivity contribution >= 4 is 22.7 Å². The van der Waals surface area contributed by atoms with E-state index in [1.807, 2.05) is 0 Å². The molecule has 4 N–H and O–H groups in total. The molecule has 4 rings (SSSR count). The fourth-order valence-electron chi connectivity index (χ4n) is 7.14. The molecule has 302 valence electrons. The van der Waals surface area contributed by atoms with Crippen molar-refractivity contribution in [2.45, 2.75) is 157 Å². The molecular formula is C48H66N4O4. The second kappa shape index (κ2) is 14.7. The molecule has 0 bridgehead atoms. The molecule has 0 unspecified atom stereocenters. The van der Waals surface area contributed by atoms with Gasteiger partial charge in [0.05, 0.1) is 0 Å². The molecule has 0 atom stereocenters. The van der Waals surface area contributed by atoms with Gasteiger partial charge in [0.25, 0.3) is 0 Å². The van der Waals surface area contributed by atoms with Crippen molar-refractivity contribution in [1.82, 2.24) is 0 Å². The highest BCUT2D eigenvalue weighted by molar-refractivity contribution is 5.74. The lowest BCUT2D eigenvalue weighted by atomic mass is 9.71. The summed E-state index contributed by atoms with van der Waals surface area (Å²) in [4.78, 5) is 0. The first kappa shape index (κ1) is 44.0. The SMILES string of the molecule is CC(C)(C)c1cc(C(C)(C)C)c(C(C)(C)C)c(N=Nc2ccc(-c3ccc(N=Nc4c(O)c(C(C)(C)C)cc(C(C)(C)C)c4C(C)(C)C)c(O)c3)cc2O)c1O. The topological polar surface area (TPSA) is 130 Å². The number of nitrogens with zero attached hydrogens (tertiary/aromatic N) is 4. The molecule has 0 radical (unpaired) electrons. The van der Waals surface area contributed by atoms with Crippen molar-refractivity contribution in [2.75, 3.05) is 0 Å². The van der Waals surface area contributed by atoms with E-state index in [0.717, 1.165) is 33.4 Å². The average Bonchev–Trinajstić information content (AvgIpc) is 3.00. The Hall–Kier alpha value is -4.72. The summed E-state index contributed by atoms with van der Waals surface area (Å²) >= 11 is 0. The number of hydrogen-bond donors (Lipinski definition) is 4. The van der Waals surface area contributed by atoms with E-state index in [0.29, 0.717) is 22.5 Å². The molecule has 8 heteroatoms. The lowest BCUT2D eigenvalue weighted by molar-refractivity contribution is 0.439. The van der Waals surface area contributed by atoms with Gasteiger partial charge in [-0.2, -0.15) is 0 Å². The molecule has 0 saturated carbocycles. The quantitative estimate of drug-likeness (QED) is 0.151. The van der Waals surface area contributed by atoms with E-state index in [2.05, 4.69) is 157 Å². The number of aromatic hydroxyl groups is 4. The average molecular weight is 763 g/mol. The molecule has 0 spiro atoms. The second-order valence-electron chi connectivity index (χ2n) is 21.4. The molecular weight excluding hydrogens is 697 g/mol. The van der Waals surface area contributed by atoms with Gasteiger partial charge in [0, 0.05) is 11.1 Å². The highest BCUT2D eigenvalue weighted by Gasteiger charge is 2.35. The van der Waals surface area contributed by atoms with Gasteiger partial charge in [-0.05, 0) is 90.1 Å². The maximum absolute atomic E-state index is 11.6. The summed E-state index contributed by atoms with van der Waals surface area (Å²) in [6.45, 7) is 37.9. The maximum atomic E-state index is 11.6. The van der Waals surface area contributed by atoms with Crippen LogP contribution >= 0.6 is 0 Å². The van der Waals surface area contributed by atoms with Crippen LogP contribution in [0.3, 0.4) is 0 Å². The minimum Gasteiger partial charge on any atom is -0.506 e. The van der Waals surface area contributed by atoms with Crippen molar-refractivity contribution in [3.63, 3.8) is 0 Å². The van der Waals surface area contributed by atoms with Crippen LogP contribution in [0.4, 0.5) is 22.7 Å². The minimum absolute atomic E-state index is 0.0874. The Kier molecular flexibility index (Phi) is 11.5. The Morgan fingerprint density at radius 2 is 0.625 bits per heavy atom. The fourth-order valence-corrected chi connectivity index (χ4v) is 7.14. The lowest BCUT2D eigenvalue weighted by Gasteiger charge is -2.34. The summed E-state index contributed by atoms with van der Waals surface area (Å²) in [7, 11) is 0. The van der Waals surface area contributed by atoms with Crippen LogP contribution < -0.4 is 0 Å². The van der Waals surface area contributed by atoms with Crippen LogP contribution in [0.1, 0.15) is 158 Å². The van der Waals surface area contributed by atoms with Crippen LogP contribution in [-0.2, 0) is 32.5 Å². The van der Waals surface area contributed by atoms with E-state index in [4.69, 9.17) is 0 Å². The largest absolute Gasteiger partial charge is 0.506 e. The van der Waals surface area contributed by atoms with Gasteiger partial charge in [-0.3, -0.25) is 0 Å². The number of azo groups is 2. The zero-order chi connectivity index (χ0) is 42.7. The molecule has 0 aliphatic heterocycles. The lowest BCUT2D eigenvalue weighted by Crippen LogP contribution is -2.24. The van der Waals surface area contributed by atoms with E-state index >= 15 is 0 Å². The standard InChI is InChI=1S/C48H66N4O4/c1-43(2,3)29-25-31(45(7,8)9)41(55)39(37(29)47(13,14)15)51-49-33-21-19-27(23-35(33)53)28-20-22-34(36(54)24-28)50-52-40-38(48(16,17)18)30(44(4,5)6)26-32(42(40)56)46(10,11)12/h19-26,53-56H,1-18H3. The third-order valence-electron chi connectivity index (χ3n) is 10.1. The van der Waals surface area contributed by atoms with Crippen LogP contribution in [-0.4, -0.2) is 20.4 Å². The van der Waals surface area contributed by atoms with Crippen molar-refractivity contribution in [2.24, 2.45) is 20.5 Å². The summed E-state index contributed by atoms with van der Waals surface area (Å²) in [6, 6.07) is 14.3. The smallest absolute Gasteiger partial charge is 0.147 e. The normalized spacial score (nSPS) is 13.7. The molecule has 0 fully saturated rings. The molecule has 0 amide bonds. The number of hydrogen-bond acceptors (Lipinski definition) is 8. The van der Waals surface area contributed by atoms with Gasteiger partial charge in [0.1, 0.15) is 45.7 Å². The van der Waals surface area contributed by atoms with Crippen LogP contribution in [0.5, 0.6) is 23.0 Å². The van der Waals surface area contributed by atoms with E-state index in [1.165, 1.54) is 0 Å². The van der Waals surface area contributed by atoms with Crippen molar-refractivity contribution in [3.05, 3.63) is 81.9 Å². The molecule has 4 aromatic carbocycles. The Bertz CT molecular complexity index is 2030. The molecule has 0 aromatic heterocycles. The van der Waals surface area contributed by atoms with Crippen LogP contribution in [0, 0.1) is 0 Å². The minimum atomic E-state index is -0.356. The third kappa shape index (κ3) is 9.28. The summed E-state index contributed by atoms with van der Waals surface area (Å²) in [6.07, 6.45) is 0. The zero-order valence-electron chi connectivity index (χ0n) is 37.2. The van der Waals surface area contributed by atoms with Gasteiger partial charge < -0.3 is 20.4 Å². The van der Waals surface area contributed by atoms with Gasteiger partial charge in [-0.1, -0.05) is 149 Å². The third-order valence-corrected chi connectivity index (χ3v) is 10.1. The Morgan fingerprint density at radius 1 is 0.339 bits per heavy atom. The monoisotopic (exact) mass is 763 g/mol. The molecule has 8 nitrogen and oxygen atoms in total. The first-order valence-corrected chi connectivity index (χ1v) is 19.6. The number of benzene rings is 4. The van der Waals surface area contributed by atoms with E-state index in [9.17, 15) is 20.4 Å². The predicted molar refractivity (Wildman–Crippen MR) is 232 cm³/mol. The molecule has 56 heavy (non-hydrogen) atoms. The highest BCUT2D eigenvalue weighted by Crippen LogP contribution is 2.51. The number of phenols is 4. The fraction of sp³-hybridized carbons (Fsp3) is 0.500. The molecule has 4 aromatic rings. The second-order valence-corrected chi connectivity index (χ2v) is 21.4. The van der Waals surface area contributed by atoms with Gasteiger partial charge in [0.15, 0.2) is 0 Å². The van der Waals surface area contributed by atoms with Crippen molar-refractivity contribution in [3.8, 4) is 34.1 Å². The Morgan fingerprint density at radius 3 is 0.857 bits per heavy atom. The van der Waals surface area contributed by atoms with Crippen LogP contribution in [0.15, 0.2) is 69.0 Å².